The molecule has 20 heavy (non-hydrogen) atoms. The number of benzene rings is 1. The van der Waals surface area contributed by atoms with Gasteiger partial charge in [0, 0.05) is 13.4 Å². The molecule has 2 unspecified atom stereocenters. The summed E-state index contributed by atoms with van der Waals surface area (Å²) in [6.07, 6.45) is 0.152. The molecular formula is C11H8F5NO2S. The molecule has 1 fully saturated rings. The van der Waals surface area contributed by atoms with E-state index >= 15 is 0 Å². The van der Waals surface area contributed by atoms with Crippen LogP contribution in [-0.2, 0) is 9.53 Å². The van der Waals surface area contributed by atoms with Crippen LogP contribution in [0.1, 0.15) is 11.6 Å². The van der Waals surface area contributed by atoms with E-state index in [0.29, 0.717) is 0 Å². The van der Waals surface area contributed by atoms with Gasteiger partial charge in [0.25, 0.3) is 5.91 Å². The standard InChI is InChI=1S/C11H8F5NO2S/c1-19-10-9(17(20-2)11(10)18)3-4(12)6(14)8(16)7(15)5(3)13/h9-10H,1-2H3. The minimum absolute atomic E-state index is 0.603. The molecule has 9 heteroatoms. The Morgan fingerprint density at radius 1 is 1.00 bits per heavy atom. The monoisotopic (exact) mass is 313 g/mol. The fraction of sp³-hybridized carbons (Fsp3) is 0.364. The fourth-order valence-corrected chi connectivity index (χ4v) is 2.75. The van der Waals surface area contributed by atoms with Gasteiger partial charge in [-0.15, -0.1) is 0 Å². The van der Waals surface area contributed by atoms with Gasteiger partial charge in [0.15, 0.2) is 29.4 Å². The normalized spacial score (nSPS) is 22.1. The van der Waals surface area contributed by atoms with Crippen molar-refractivity contribution >= 4 is 17.9 Å². The molecule has 0 aliphatic carbocycles. The van der Waals surface area contributed by atoms with Gasteiger partial charge in [0.1, 0.15) is 6.04 Å². The van der Waals surface area contributed by atoms with Gasteiger partial charge in [-0.2, -0.15) is 0 Å². The van der Waals surface area contributed by atoms with Gasteiger partial charge < -0.3 is 4.74 Å². The van der Waals surface area contributed by atoms with Gasteiger partial charge >= 0.3 is 0 Å². The minimum atomic E-state index is -2.24. The topological polar surface area (TPSA) is 29.5 Å². The number of carbonyl (C=O) groups excluding carboxylic acids is 1. The first kappa shape index (κ1) is 15.0. The van der Waals surface area contributed by atoms with Crippen LogP contribution < -0.4 is 0 Å². The average Bonchev–Trinajstić information content (AvgIpc) is 2.43. The van der Waals surface area contributed by atoms with Crippen LogP contribution in [0.15, 0.2) is 0 Å². The second-order valence-corrected chi connectivity index (χ2v) is 4.69. The summed E-state index contributed by atoms with van der Waals surface area (Å²) in [6, 6.07) is -1.37. The van der Waals surface area contributed by atoms with Gasteiger partial charge in [-0.25, -0.2) is 22.0 Å². The van der Waals surface area contributed by atoms with Crippen LogP contribution in [0.3, 0.4) is 0 Å². The summed E-state index contributed by atoms with van der Waals surface area (Å²) in [5, 5.41) is 0. The maximum Gasteiger partial charge on any atom is 0.264 e. The van der Waals surface area contributed by atoms with E-state index in [0.717, 1.165) is 23.4 Å². The molecular weight excluding hydrogens is 305 g/mol. The number of ether oxygens (including phenoxy) is 1. The van der Waals surface area contributed by atoms with E-state index in [9.17, 15) is 26.7 Å². The van der Waals surface area contributed by atoms with Crippen LogP contribution in [0.2, 0.25) is 0 Å². The average molecular weight is 313 g/mol. The van der Waals surface area contributed by atoms with Crippen LogP contribution in [-0.4, -0.2) is 29.7 Å². The lowest BCUT2D eigenvalue weighted by Crippen LogP contribution is -2.56. The van der Waals surface area contributed by atoms with E-state index in [2.05, 4.69) is 0 Å². The third-order valence-electron chi connectivity index (χ3n) is 2.99. The smallest absolute Gasteiger partial charge is 0.264 e. The second-order valence-electron chi connectivity index (χ2n) is 3.93. The van der Waals surface area contributed by atoms with E-state index in [4.69, 9.17) is 4.74 Å². The van der Waals surface area contributed by atoms with Crippen molar-refractivity contribution < 1.29 is 31.5 Å². The Kier molecular flexibility index (Phi) is 3.92. The summed E-state index contributed by atoms with van der Waals surface area (Å²) in [4.78, 5) is 11.5. The molecule has 0 saturated carbocycles. The SMILES string of the molecule is COC1C(=O)N(SC)C1c1c(F)c(F)c(F)c(F)c1F. The van der Waals surface area contributed by atoms with Gasteiger partial charge in [0.2, 0.25) is 5.82 Å². The zero-order chi connectivity index (χ0) is 15.2. The minimum Gasteiger partial charge on any atom is -0.369 e. The van der Waals surface area contributed by atoms with Crippen LogP contribution in [0, 0.1) is 29.1 Å². The van der Waals surface area contributed by atoms with Crippen molar-refractivity contribution in [3.63, 3.8) is 0 Å². The summed E-state index contributed by atoms with van der Waals surface area (Å²) in [7, 11) is 1.11. The van der Waals surface area contributed by atoms with Crippen molar-refractivity contribution in [2.75, 3.05) is 13.4 Å². The quantitative estimate of drug-likeness (QED) is 0.282. The molecule has 0 bridgehead atoms. The summed E-state index contributed by atoms with van der Waals surface area (Å²) >= 11 is 0.807. The maximum absolute atomic E-state index is 13.7. The molecule has 2 rings (SSSR count). The van der Waals surface area contributed by atoms with E-state index in [1.807, 2.05) is 0 Å². The highest BCUT2D eigenvalue weighted by molar-refractivity contribution is 7.96. The molecule has 1 aliphatic heterocycles. The zero-order valence-corrected chi connectivity index (χ0v) is 11.0. The number of nitrogens with zero attached hydrogens (tertiary/aromatic N) is 1. The summed E-state index contributed by atoms with van der Waals surface area (Å²) in [5.74, 6) is -10.9. The largest absolute Gasteiger partial charge is 0.369 e. The summed E-state index contributed by atoms with van der Waals surface area (Å²) < 4.78 is 72.3. The molecule has 0 radical (unpaired) electrons. The van der Waals surface area contributed by atoms with Crippen LogP contribution in [0.25, 0.3) is 0 Å². The van der Waals surface area contributed by atoms with Crippen LogP contribution in [0.4, 0.5) is 22.0 Å². The molecule has 0 spiro atoms. The first-order chi connectivity index (χ1) is 9.36. The third kappa shape index (κ3) is 1.87. The highest BCUT2D eigenvalue weighted by Crippen LogP contribution is 2.43. The zero-order valence-electron chi connectivity index (χ0n) is 10.2. The predicted molar refractivity (Wildman–Crippen MR) is 60.1 cm³/mol. The van der Waals surface area contributed by atoms with E-state index < -0.39 is 52.7 Å². The Bertz CT molecular complexity index is 539. The van der Waals surface area contributed by atoms with Crippen LogP contribution in [0.5, 0.6) is 0 Å². The highest BCUT2D eigenvalue weighted by atomic mass is 32.2. The molecule has 1 heterocycles. The Morgan fingerprint density at radius 3 is 1.85 bits per heavy atom. The summed E-state index contributed by atoms with van der Waals surface area (Å²) in [6.45, 7) is 0. The van der Waals surface area contributed by atoms with Crippen molar-refractivity contribution in [2.45, 2.75) is 12.1 Å². The van der Waals surface area contributed by atoms with Gasteiger partial charge in [-0.1, -0.05) is 11.9 Å². The first-order valence-corrected chi connectivity index (χ1v) is 6.46. The molecule has 1 aromatic carbocycles. The molecule has 0 N–H and O–H groups in total. The molecule has 3 nitrogen and oxygen atoms in total. The Labute approximate surface area is 114 Å². The maximum atomic E-state index is 13.7. The fourth-order valence-electron chi connectivity index (χ4n) is 2.02. The molecule has 2 atom stereocenters. The number of halogens is 5. The van der Waals surface area contributed by atoms with Crippen molar-refractivity contribution in [1.82, 2.24) is 4.31 Å². The lowest BCUT2D eigenvalue weighted by molar-refractivity contribution is -0.158. The number of methoxy groups -OCH3 is 1. The number of amides is 1. The van der Waals surface area contributed by atoms with Crippen LogP contribution >= 0.6 is 11.9 Å². The van der Waals surface area contributed by atoms with E-state index in [1.165, 1.54) is 6.26 Å². The number of hydrogen-bond donors (Lipinski definition) is 0. The lowest BCUT2D eigenvalue weighted by atomic mass is 9.92. The summed E-state index contributed by atoms with van der Waals surface area (Å²) in [5.41, 5.74) is -1.07. The molecule has 1 amide bonds. The van der Waals surface area contributed by atoms with Gasteiger partial charge in [-0.3, -0.25) is 9.10 Å². The molecule has 1 saturated heterocycles. The Morgan fingerprint density at radius 2 is 1.45 bits per heavy atom. The Hall–Kier alpha value is -1.35. The van der Waals surface area contributed by atoms with Crippen molar-refractivity contribution in [3.8, 4) is 0 Å². The van der Waals surface area contributed by atoms with E-state index in [-0.39, 0.29) is 0 Å². The molecule has 1 aliphatic rings. The van der Waals surface area contributed by atoms with E-state index in [1.54, 1.807) is 0 Å². The molecule has 1 aromatic rings. The van der Waals surface area contributed by atoms with Crippen molar-refractivity contribution in [2.24, 2.45) is 0 Å². The number of carbonyl (C=O) groups is 1. The third-order valence-corrected chi connectivity index (χ3v) is 3.79. The second kappa shape index (κ2) is 5.21. The Balaban J connectivity index is 2.61. The number of rotatable bonds is 3. The molecule has 0 aromatic heterocycles. The molecule has 110 valence electrons. The van der Waals surface area contributed by atoms with Gasteiger partial charge in [0.05, 0.1) is 5.56 Å². The first-order valence-electron chi connectivity index (χ1n) is 5.28. The number of β-lactam (4-membered cyclic amide) rings is 1. The van der Waals surface area contributed by atoms with Crippen molar-refractivity contribution in [3.05, 3.63) is 34.6 Å². The lowest BCUT2D eigenvalue weighted by Gasteiger charge is -2.44. The van der Waals surface area contributed by atoms with Crippen molar-refractivity contribution in [1.29, 1.82) is 0 Å². The van der Waals surface area contributed by atoms with Gasteiger partial charge in [-0.05, 0) is 0 Å². The highest BCUT2D eigenvalue weighted by Gasteiger charge is 2.52. The number of hydrogen-bond acceptors (Lipinski definition) is 3. The predicted octanol–water partition coefficient (Wildman–Crippen LogP) is 2.56.